The third kappa shape index (κ3) is 34.1. The van der Waals surface area contributed by atoms with E-state index in [0.717, 1.165) is 49.2 Å². The Hall–Kier alpha value is -8.62. The number of nitrogens with zero attached hydrogens (tertiary/aromatic N) is 2. The maximum atomic E-state index is 14.4. The second-order valence-electron chi connectivity index (χ2n) is 36.8. The summed E-state index contributed by atoms with van der Waals surface area (Å²) in [5, 5.41) is 6.77. The number of sulfonamides is 3. The second kappa shape index (κ2) is 53.5. The molecule has 3 fully saturated rings. The fourth-order valence-corrected chi connectivity index (χ4v) is 23.4. The number of aliphatic hydroxyl groups is 1. The van der Waals surface area contributed by atoms with Gasteiger partial charge < -0.3 is 48.2 Å². The Bertz CT molecular complexity index is 5340. The number of aromatic hydroxyl groups is 1. The number of aliphatic hydroxyl groups excluding tert-OH is 1. The SMILES string of the molecule is CCC(C)(C)C(=O)Oc1ccc(OC(C)OCCC2CCCCC2)cc1.CCC(C)(CO)C(=O)CC1CCN(S(=O)(=O)C(F)(F)C(F)(F)C(F)(F)S(=O)(=O)[N-]S(=O)(=O)C(F)(F)F)CC1.CCC(C)c1ccc2cc(O)ccc2c1.CCOC(C)Oc1ccc(OC(=O)C(C)(C)CC)cc1.Cc1ccc(C(=O)C([S+]2CCCC2)C(C)(C)C)cc1.O.c1ccc([S+](c2ccccc2)c2ccccc2)cc1. The summed E-state index contributed by atoms with van der Waals surface area (Å²) in [5.41, 5.74) is -5.30. The molecule has 2 saturated heterocycles. The molecule has 2 heterocycles. The highest BCUT2D eigenvalue weighted by molar-refractivity contribution is 8.13. The lowest BCUT2D eigenvalue weighted by Gasteiger charge is -2.39. The second-order valence-corrected chi connectivity index (χ2v) is 46.6. The molecule has 0 amide bonds. The zero-order chi connectivity index (χ0) is 102. The number of rotatable bonds is 36. The normalized spacial score (nSPS) is 15.9. The van der Waals surface area contributed by atoms with Crippen LogP contribution >= 0.6 is 0 Å². The maximum Gasteiger partial charge on any atom is 0.480 e. The average molecular weight is 2040 g/mol. The third-order valence-electron chi connectivity index (χ3n) is 24.3. The number of carbonyl (C=O) groups is 4. The van der Waals surface area contributed by atoms with E-state index in [1.54, 1.807) is 55.5 Å². The van der Waals surface area contributed by atoms with Gasteiger partial charge in [0.15, 0.2) is 52.6 Å². The van der Waals surface area contributed by atoms with Crippen LogP contribution in [0.25, 0.3) is 14.9 Å². The van der Waals surface area contributed by atoms with E-state index in [1.807, 2.05) is 105 Å². The van der Waals surface area contributed by atoms with E-state index in [-0.39, 0.29) is 75.3 Å². The summed E-state index contributed by atoms with van der Waals surface area (Å²) in [6.45, 7) is 32.0. The molecule has 138 heavy (non-hydrogen) atoms. The minimum Gasteiger partial charge on any atom is -0.508 e. The van der Waals surface area contributed by atoms with Crippen LogP contribution in [0.15, 0.2) is 215 Å². The predicted octanol–water partition coefficient (Wildman–Crippen LogP) is 24.3. The number of aryl methyl sites for hydroxylation is 1. The van der Waals surface area contributed by atoms with Gasteiger partial charge in [-0.2, -0.15) is 43.8 Å². The molecule has 0 bridgehead atoms. The molecular weight excluding hydrogens is 1900 g/mol. The molecule has 21 nitrogen and oxygen atoms in total. The number of piperidine rings is 1. The van der Waals surface area contributed by atoms with Crippen molar-refractivity contribution < 1.29 is 128 Å². The lowest BCUT2D eigenvalue weighted by Crippen LogP contribution is -2.63. The van der Waals surface area contributed by atoms with E-state index in [9.17, 15) is 94.2 Å². The summed E-state index contributed by atoms with van der Waals surface area (Å²) in [4.78, 5) is 53.4. The summed E-state index contributed by atoms with van der Waals surface area (Å²) in [6, 6.07) is 66.3. The van der Waals surface area contributed by atoms with Crippen LogP contribution in [0.3, 0.4) is 0 Å². The minimum absolute atomic E-state index is 0. The lowest BCUT2D eigenvalue weighted by molar-refractivity contribution is -0.244. The molecule has 2 aliphatic heterocycles. The van der Waals surface area contributed by atoms with Crippen LogP contribution in [0.2, 0.25) is 0 Å². The van der Waals surface area contributed by atoms with Gasteiger partial charge in [0.05, 0.1) is 34.9 Å². The van der Waals surface area contributed by atoms with E-state index in [2.05, 4.69) is 151 Å². The van der Waals surface area contributed by atoms with Gasteiger partial charge in [-0.05, 0) is 255 Å². The zero-order valence-electron chi connectivity index (χ0n) is 81.8. The van der Waals surface area contributed by atoms with Crippen LogP contribution in [0.1, 0.15) is 234 Å². The van der Waals surface area contributed by atoms with Gasteiger partial charge in [-0.25, -0.2) is 25.3 Å². The first-order chi connectivity index (χ1) is 64.0. The monoisotopic (exact) mass is 2040 g/mol. The number of hydrogen-bond acceptors (Lipinski definition) is 18. The standard InChI is InChI=1S/C22H34O4.C18H15S.C17H25OS.C16H22F9N2O8S3.C16H24O4.C14H16O.H2O/c1-5-22(3,4)21(23)26-20-13-11-19(12-14-20)25-17(2)24-16-15-18-9-7-6-8-10-18;1-4-10-16(11-5-1)19(17-12-6-2-7-13-17)18-14-8-3-9-15-18;1-13-7-9-14(10-8-13)15(18)16(17(2,3)4)19-11-5-6-12-19;1-3-12(2,9-28)11(29)8-10-4-6-27(7-5-10)38(34,35)15(21,22)13(17,18)14(19,20)36(30,31)26-37(32,33)16(23,24)25;1-6-16(4,5)15(17)20-14-10-8-13(9-11-14)19-12(3)18-7-2;1-3-10(2)11-4-5-13-9-14(15)7-6-12(13)8-11;/h11-14,17-18H,5-10,15-16H2,1-4H3;1-15H;7-10,16H,5-6,11-12H2,1-4H3;10,28H,3-9H2,1-2H3;8-12H,6-7H2,1-5H3;4-10,15H,3H2,1-2H3;1H2/q;2*+1;-1;;;. The molecule has 1 aliphatic carbocycles. The molecule has 8 aromatic carbocycles. The quantitative estimate of drug-likeness (QED) is 0.00920. The maximum absolute atomic E-state index is 14.4. The molecule has 5 unspecified atom stereocenters. The highest BCUT2D eigenvalue weighted by Crippen LogP contribution is 2.54. The van der Waals surface area contributed by atoms with Crippen LogP contribution < -0.4 is 18.9 Å². The Morgan fingerprint density at radius 3 is 1.36 bits per heavy atom. The van der Waals surface area contributed by atoms with Gasteiger partial charge in [0.25, 0.3) is 10.0 Å². The number of halogens is 9. The van der Waals surface area contributed by atoms with Gasteiger partial charge in [0, 0.05) is 42.5 Å². The topological polar surface area (TPSA) is 315 Å². The van der Waals surface area contributed by atoms with Crippen molar-refractivity contribution >= 4 is 86.1 Å². The molecular formula is C103H138F9N2O19S5+. The first-order valence-corrected chi connectivity index (χ1v) is 53.4. The van der Waals surface area contributed by atoms with E-state index >= 15 is 0 Å². The number of ketones is 2. The molecule has 0 radical (unpaired) electrons. The number of benzene rings is 8. The number of carbonyl (C=O) groups excluding carboxylic acids is 4. The molecule has 1 saturated carbocycles. The van der Waals surface area contributed by atoms with Crippen molar-refractivity contribution in [2.24, 2.45) is 33.5 Å². The zero-order valence-corrected chi connectivity index (χ0v) is 85.9. The van der Waals surface area contributed by atoms with Gasteiger partial charge in [-0.1, -0.05) is 203 Å². The smallest absolute Gasteiger partial charge is 0.480 e. The van der Waals surface area contributed by atoms with Gasteiger partial charge in [-0.15, -0.1) is 0 Å². The molecule has 3 aliphatic rings. The summed E-state index contributed by atoms with van der Waals surface area (Å²) in [7, 11) is -22.0. The van der Waals surface area contributed by atoms with Crippen LogP contribution in [0.5, 0.6) is 28.7 Å². The predicted molar refractivity (Wildman–Crippen MR) is 526 cm³/mol. The number of phenolic OH excluding ortho intramolecular Hbond substituents is 1. The minimum atomic E-state index is -7.96. The highest BCUT2D eigenvalue weighted by Gasteiger charge is 2.81. The van der Waals surface area contributed by atoms with Crippen molar-refractivity contribution in [3.05, 3.63) is 221 Å². The molecule has 11 rings (SSSR count). The fraction of sp³-hybridized carbons (Fsp3) is 0.515. The number of Topliss-reactive ketones (excluding diaryl/α,β-unsaturated/α-hetero) is 2. The van der Waals surface area contributed by atoms with Crippen molar-refractivity contribution in [2.45, 2.75) is 274 Å². The summed E-state index contributed by atoms with van der Waals surface area (Å²) in [6.07, 6.45) is 11.6. The summed E-state index contributed by atoms with van der Waals surface area (Å²) < 4.78 is 224. The van der Waals surface area contributed by atoms with Crippen molar-refractivity contribution in [1.29, 1.82) is 0 Å². The van der Waals surface area contributed by atoms with Crippen molar-refractivity contribution in [3.8, 4) is 28.7 Å². The van der Waals surface area contributed by atoms with Gasteiger partial charge >= 0.3 is 33.9 Å². The largest absolute Gasteiger partial charge is 0.508 e. The van der Waals surface area contributed by atoms with Gasteiger partial charge in [0.2, 0.25) is 5.78 Å². The molecule has 766 valence electrons. The number of alkyl halides is 9. The van der Waals surface area contributed by atoms with Crippen molar-refractivity contribution in [3.63, 3.8) is 0 Å². The van der Waals surface area contributed by atoms with Crippen LogP contribution in [-0.4, -0.2) is 153 Å². The van der Waals surface area contributed by atoms with E-state index in [0.29, 0.717) is 51.2 Å². The van der Waals surface area contributed by atoms with Crippen LogP contribution in [0, 0.1) is 40.4 Å². The van der Waals surface area contributed by atoms with Gasteiger partial charge in [0.1, 0.15) is 46.0 Å². The molecule has 0 aromatic heterocycles. The van der Waals surface area contributed by atoms with Crippen LogP contribution in [-0.2, 0) is 75.7 Å². The van der Waals surface area contributed by atoms with Crippen molar-refractivity contribution in [2.75, 3.05) is 44.4 Å². The molecule has 5 atom stereocenters. The third-order valence-corrected chi connectivity index (χ3v) is 34.8. The average Bonchev–Trinajstić information content (AvgIpc) is 0.711. The van der Waals surface area contributed by atoms with Gasteiger partial charge in [-0.3, -0.25) is 19.2 Å². The number of hydrogen-bond donors (Lipinski definition) is 2. The Morgan fingerprint density at radius 1 is 0.514 bits per heavy atom. The Morgan fingerprint density at radius 2 is 0.949 bits per heavy atom. The van der Waals surface area contributed by atoms with Crippen molar-refractivity contribution in [1.82, 2.24) is 4.31 Å². The Balaban J connectivity index is 0.000000299. The Labute approximate surface area is 815 Å². The molecule has 35 heteroatoms. The number of phenols is 1. The van der Waals surface area contributed by atoms with E-state index in [1.165, 1.54) is 94.6 Å². The molecule has 4 N–H and O–H groups in total. The fourth-order valence-electron chi connectivity index (χ4n) is 14.3. The molecule has 0 spiro atoms. The number of fused-ring (bicyclic) bond motifs is 1. The lowest BCUT2D eigenvalue weighted by atomic mass is 9.78. The summed E-state index contributed by atoms with van der Waals surface area (Å²) >= 11 is 0. The van der Waals surface area contributed by atoms with Crippen LogP contribution in [0.4, 0.5) is 39.5 Å². The first kappa shape index (κ1) is 120. The first-order valence-electron chi connectivity index (χ1n) is 46.2. The Kier molecular flexibility index (Phi) is 46.4. The summed E-state index contributed by atoms with van der Waals surface area (Å²) in [5.74, 6) is -2.08. The number of ether oxygens (including phenoxy) is 6. The molecule has 8 aromatic rings. The highest BCUT2D eigenvalue weighted by atomic mass is 32.3. The van der Waals surface area contributed by atoms with E-state index in [4.69, 9.17) is 28.4 Å². The number of esters is 2. The van der Waals surface area contributed by atoms with E-state index < -0.39 is 117 Å².